The number of carbonyl (C=O) groups is 1. The summed E-state index contributed by atoms with van der Waals surface area (Å²) in [6.07, 6.45) is 0.982. The highest BCUT2D eigenvalue weighted by Gasteiger charge is 2.39. The van der Waals surface area contributed by atoms with Gasteiger partial charge in [0.15, 0.2) is 0 Å². The summed E-state index contributed by atoms with van der Waals surface area (Å²) in [4.78, 5) is 16.0. The lowest BCUT2D eigenvalue weighted by Gasteiger charge is -2.28. The summed E-state index contributed by atoms with van der Waals surface area (Å²) >= 11 is 1.49. The Morgan fingerprint density at radius 2 is 2.11 bits per heavy atom. The molecule has 18 heavy (non-hydrogen) atoms. The number of hydrogen-bond acceptors (Lipinski definition) is 3. The lowest BCUT2D eigenvalue weighted by molar-refractivity contribution is -0.144. The van der Waals surface area contributed by atoms with E-state index < -0.39 is 11.4 Å². The van der Waals surface area contributed by atoms with Crippen molar-refractivity contribution in [1.29, 1.82) is 0 Å². The third-order valence-corrected chi connectivity index (χ3v) is 3.94. The molecule has 0 fully saturated rings. The molecular formula is C14H15NO2S. The fourth-order valence-corrected chi connectivity index (χ4v) is 2.73. The maximum Gasteiger partial charge on any atom is 0.314 e. The lowest BCUT2D eigenvalue weighted by Crippen LogP contribution is -2.37. The number of nitrogens with zero attached hydrogens (tertiary/aromatic N) is 1. The summed E-state index contributed by atoms with van der Waals surface area (Å²) in [5.74, 6) is -0.788. The first-order valence-corrected chi connectivity index (χ1v) is 6.79. The Hall–Kier alpha value is -1.68. The fourth-order valence-electron chi connectivity index (χ4n) is 2.17. The van der Waals surface area contributed by atoms with E-state index in [0.717, 1.165) is 11.3 Å². The van der Waals surface area contributed by atoms with E-state index in [1.54, 1.807) is 5.51 Å². The van der Waals surface area contributed by atoms with Crippen LogP contribution in [0.15, 0.2) is 41.2 Å². The number of aliphatic carboxylic acids is 1. The highest BCUT2D eigenvalue weighted by molar-refractivity contribution is 7.07. The predicted molar refractivity (Wildman–Crippen MR) is 71.9 cm³/mol. The smallest absolute Gasteiger partial charge is 0.314 e. The van der Waals surface area contributed by atoms with Gasteiger partial charge in [0.05, 0.1) is 16.6 Å². The highest BCUT2D eigenvalue weighted by Crippen LogP contribution is 2.32. The molecule has 0 aliphatic rings. The topological polar surface area (TPSA) is 50.2 Å². The molecule has 2 aromatic rings. The van der Waals surface area contributed by atoms with Crippen molar-refractivity contribution in [2.45, 2.75) is 25.2 Å². The second-order valence-corrected chi connectivity index (χ2v) is 4.98. The molecule has 1 heterocycles. The van der Waals surface area contributed by atoms with Gasteiger partial charge in [-0.25, -0.2) is 4.98 Å². The van der Waals surface area contributed by atoms with Crippen LogP contribution in [0.4, 0.5) is 0 Å². The Bertz CT molecular complexity index is 510. The monoisotopic (exact) mass is 261 g/mol. The first-order valence-electron chi connectivity index (χ1n) is 5.85. The largest absolute Gasteiger partial charge is 0.481 e. The molecule has 1 N–H and O–H groups in total. The van der Waals surface area contributed by atoms with Crippen molar-refractivity contribution in [3.63, 3.8) is 0 Å². The second-order valence-electron chi connectivity index (χ2n) is 4.26. The standard InChI is InChI=1S/C14H15NO2S/c1-2-14(13(16)17,8-12-9-18-10-15-12)11-6-4-3-5-7-11/h3-7,9-10H,2,8H2,1H3,(H,16,17). The van der Waals surface area contributed by atoms with Crippen LogP contribution in [0.5, 0.6) is 0 Å². The number of carboxylic acid groups (broad SMARTS) is 1. The van der Waals surface area contributed by atoms with Gasteiger partial charge in [-0.2, -0.15) is 0 Å². The number of carboxylic acids is 1. The zero-order valence-corrected chi connectivity index (χ0v) is 11.0. The number of aromatic nitrogens is 1. The van der Waals surface area contributed by atoms with Crippen LogP contribution in [0.1, 0.15) is 24.6 Å². The third kappa shape index (κ3) is 2.29. The van der Waals surface area contributed by atoms with Gasteiger partial charge in [-0.15, -0.1) is 11.3 Å². The maximum atomic E-state index is 11.8. The Kier molecular flexibility index (Phi) is 3.77. The minimum Gasteiger partial charge on any atom is -0.481 e. The lowest BCUT2D eigenvalue weighted by atomic mass is 9.74. The van der Waals surface area contributed by atoms with Crippen LogP contribution >= 0.6 is 11.3 Å². The zero-order valence-electron chi connectivity index (χ0n) is 10.2. The molecular weight excluding hydrogens is 246 g/mol. The van der Waals surface area contributed by atoms with Crippen LogP contribution in [0.2, 0.25) is 0 Å². The van der Waals surface area contributed by atoms with E-state index in [2.05, 4.69) is 4.98 Å². The number of thiazole rings is 1. The van der Waals surface area contributed by atoms with Gasteiger partial charge in [0.1, 0.15) is 0 Å². The zero-order chi connectivity index (χ0) is 13.0. The van der Waals surface area contributed by atoms with Gasteiger partial charge in [0.25, 0.3) is 0 Å². The van der Waals surface area contributed by atoms with Crippen molar-refractivity contribution in [1.82, 2.24) is 4.98 Å². The molecule has 0 aliphatic carbocycles. The van der Waals surface area contributed by atoms with E-state index in [4.69, 9.17) is 0 Å². The molecule has 0 bridgehead atoms. The predicted octanol–water partition coefficient (Wildman–Crippen LogP) is 3.12. The van der Waals surface area contributed by atoms with Gasteiger partial charge in [-0.05, 0) is 12.0 Å². The molecule has 1 aromatic carbocycles. The van der Waals surface area contributed by atoms with E-state index in [1.165, 1.54) is 11.3 Å². The molecule has 94 valence electrons. The number of rotatable bonds is 5. The SMILES string of the molecule is CCC(Cc1cscn1)(C(=O)O)c1ccccc1. The Morgan fingerprint density at radius 1 is 1.39 bits per heavy atom. The molecule has 2 rings (SSSR count). The average Bonchev–Trinajstić information content (AvgIpc) is 2.89. The molecule has 4 heteroatoms. The summed E-state index contributed by atoms with van der Waals surface area (Å²) < 4.78 is 0. The van der Waals surface area contributed by atoms with Gasteiger partial charge in [-0.1, -0.05) is 37.3 Å². The van der Waals surface area contributed by atoms with Crippen LogP contribution in [-0.4, -0.2) is 16.1 Å². The molecule has 0 amide bonds. The van der Waals surface area contributed by atoms with Crippen LogP contribution in [0.25, 0.3) is 0 Å². The summed E-state index contributed by atoms with van der Waals surface area (Å²) in [5.41, 5.74) is 2.54. The third-order valence-electron chi connectivity index (χ3n) is 3.31. The molecule has 0 radical (unpaired) electrons. The van der Waals surface area contributed by atoms with E-state index in [1.807, 2.05) is 42.6 Å². The molecule has 0 saturated carbocycles. The van der Waals surface area contributed by atoms with Crippen molar-refractivity contribution in [3.05, 3.63) is 52.5 Å². The van der Waals surface area contributed by atoms with Gasteiger partial charge in [0, 0.05) is 11.8 Å². The van der Waals surface area contributed by atoms with Gasteiger partial charge < -0.3 is 5.11 Å². The summed E-state index contributed by atoms with van der Waals surface area (Å²) in [6.45, 7) is 1.91. The summed E-state index contributed by atoms with van der Waals surface area (Å²) in [6, 6.07) is 9.41. The average molecular weight is 261 g/mol. The molecule has 1 aromatic heterocycles. The number of benzene rings is 1. The van der Waals surface area contributed by atoms with Crippen molar-refractivity contribution in [2.24, 2.45) is 0 Å². The Morgan fingerprint density at radius 3 is 2.61 bits per heavy atom. The second kappa shape index (κ2) is 5.31. The quantitative estimate of drug-likeness (QED) is 0.899. The molecule has 0 aliphatic heterocycles. The van der Waals surface area contributed by atoms with Crippen LogP contribution in [0, 0.1) is 0 Å². The minimum atomic E-state index is -0.880. The summed E-state index contributed by atoms with van der Waals surface area (Å²) in [5, 5.41) is 11.6. The maximum absolute atomic E-state index is 11.8. The van der Waals surface area contributed by atoms with Crippen molar-refractivity contribution < 1.29 is 9.90 Å². The first-order chi connectivity index (χ1) is 8.69. The molecule has 0 saturated heterocycles. The Balaban J connectivity index is 2.43. The molecule has 1 unspecified atom stereocenters. The van der Waals surface area contributed by atoms with Gasteiger partial charge in [-0.3, -0.25) is 4.79 Å². The molecule has 0 spiro atoms. The minimum absolute atomic E-state index is 0.437. The van der Waals surface area contributed by atoms with E-state index >= 15 is 0 Å². The van der Waals surface area contributed by atoms with Gasteiger partial charge in [0.2, 0.25) is 0 Å². The van der Waals surface area contributed by atoms with Crippen molar-refractivity contribution in [2.75, 3.05) is 0 Å². The van der Waals surface area contributed by atoms with Crippen LogP contribution in [0.3, 0.4) is 0 Å². The first kappa shape index (κ1) is 12.8. The van der Waals surface area contributed by atoms with Crippen LogP contribution < -0.4 is 0 Å². The normalized spacial score (nSPS) is 14.1. The number of hydrogen-bond donors (Lipinski definition) is 1. The van der Waals surface area contributed by atoms with Crippen LogP contribution in [-0.2, 0) is 16.6 Å². The van der Waals surface area contributed by atoms with Crippen molar-refractivity contribution >= 4 is 17.3 Å². The summed E-state index contributed by atoms with van der Waals surface area (Å²) in [7, 11) is 0. The van der Waals surface area contributed by atoms with E-state index in [0.29, 0.717) is 12.8 Å². The van der Waals surface area contributed by atoms with E-state index in [-0.39, 0.29) is 0 Å². The Labute approximate surface area is 110 Å². The molecule has 3 nitrogen and oxygen atoms in total. The highest BCUT2D eigenvalue weighted by atomic mass is 32.1. The fraction of sp³-hybridized carbons (Fsp3) is 0.286. The van der Waals surface area contributed by atoms with Crippen molar-refractivity contribution in [3.8, 4) is 0 Å². The van der Waals surface area contributed by atoms with E-state index in [9.17, 15) is 9.90 Å². The molecule has 1 atom stereocenters. The van der Waals surface area contributed by atoms with Gasteiger partial charge >= 0.3 is 5.97 Å².